The Balaban J connectivity index is 0.00000116. The highest BCUT2D eigenvalue weighted by atomic mass is 16.4. The summed E-state index contributed by atoms with van der Waals surface area (Å²) in [4.78, 5) is 27.1. The van der Waals surface area contributed by atoms with Gasteiger partial charge in [0.05, 0.1) is 0 Å². The summed E-state index contributed by atoms with van der Waals surface area (Å²) in [5, 5.41) is 8.83. The molecule has 22 heavy (non-hydrogen) atoms. The van der Waals surface area contributed by atoms with Crippen LogP contribution in [0.15, 0.2) is 0 Å². The van der Waals surface area contributed by atoms with Crippen molar-refractivity contribution in [2.75, 3.05) is 26.2 Å². The number of hydrogen-bond acceptors (Lipinski definition) is 3. The molecule has 2 saturated heterocycles. The third kappa shape index (κ3) is 5.59. The Hall–Kier alpha value is -1.10. The molecule has 5 nitrogen and oxygen atoms in total. The first kappa shape index (κ1) is 18.9. The SMILES string of the molecule is CC.CCC(=O)N1CCCC1CN1CCC(CC(=O)O)CC1. The van der Waals surface area contributed by atoms with Crippen molar-refractivity contribution < 1.29 is 14.7 Å². The number of carboxylic acid groups (broad SMARTS) is 1. The van der Waals surface area contributed by atoms with Crippen molar-refractivity contribution in [2.45, 2.75) is 65.3 Å². The van der Waals surface area contributed by atoms with Crippen molar-refractivity contribution in [3.8, 4) is 0 Å². The van der Waals surface area contributed by atoms with Gasteiger partial charge < -0.3 is 14.9 Å². The number of aliphatic carboxylic acids is 1. The molecule has 0 bridgehead atoms. The molecule has 1 amide bonds. The molecule has 2 rings (SSSR count). The standard InChI is InChI=1S/C15H26N2O3.C2H6/c1-2-14(18)17-7-3-4-13(17)11-16-8-5-12(6-9-16)10-15(19)20;1-2/h12-13H,2-11H2,1H3,(H,19,20);1-2H3. The maximum atomic E-state index is 11.9. The minimum absolute atomic E-state index is 0.272. The number of carbonyl (C=O) groups is 2. The fourth-order valence-corrected chi connectivity index (χ4v) is 3.48. The lowest BCUT2D eigenvalue weighted by Crippen LogP contribution is -2.45. The van der Waals surface area contributed by atoms with Gasteiger partial charge in [-0.3, -0.25) is 9.59 Å². The van der Waals surface area contributed by atoms with Crippen LogP contribution in [0.4, 0.5) is 0 Å². The summed E-state index contributed by atoms with van der Waals surface area (Å²) >= 11 is 0. The summed E-state index contributed by atoms with van der Waals surface area (Å²) in [7, 11) is 0. The lowest BCUT2D eigenvalue weighted by molar-refractivity contribution is -0.138. The van der Waals surface area contributed by atoms with E-state index in [4.69, 9.17) is 5.11 Å². The fraction of sp³-hybridized carbons (Fsp3) is 0.882. The Bertz CT molecular complexity index is 352. The summed E-state index contributed by atoms with van der Waals surface area (Å²) in [5.74, 6) is -0.0760. The van der Waals surface area contributed by atoms with Gasteiger partial charge >= 0.3 is 5.97 Å². The average molecular weight is 312 g/mol. The molecule has 0 aliphatic carbocycles. The van der Waals surface area contributed by atoms with Gasteiger partial charge in [-0.05, 0) is 44.7 Å². The first-order chi connectivity index (χ1) is 10.6. The van der Waals surface area contributed by atoms with Gasteiger partial charge in [-0.15, -0.1) is 0 Å². The van der Waals surface area contributed by atoms with Crippen molar-refractivity contribution in [3.63, 3.8) is 0 Å². The number of rotatable bonds is 5. The minimum atomic E-state index is -0.682. The first-order valence-corrected chi connectivity index (χ1v) is 8.83. The Morgan fingerprint density at radius 2 is 1.73 bits per heavy atom. The lowest BCUT2D eigenvalue weighted by Gasteiger charge is -2.35. The number of piperidine rings is 1. The molecule has 5 heteroatoms. The second-order valence-corrected chi connectivity index (χ2v) is 6.08. The molecule has 2 aliphatic rings. The molecule has 1 atom stereocenters. The number of carbonyl (C=O) groups excluding carboxylic acids is 1. The van der Waals surface area contributed by atoms with Gasteiger partial charge in [-0.25, -0.2) is 0 Å². The van der Waals surface area contributed by atoms with Gasteiger partial charge in [0.2, 0.25) is 5.91 Å². The van der Waals surface area contributed by atoms with E-state index in [1.807, 2.05) is 25.7 Å². The second kappa shape index (κ2) is 9.82. The molecule has 1 N–H and O–H groups in total. The molecular formula is C17H32N2O3. The maximum Gasteiger partial charge on any atom is 0.303 e. The van der Waals surface area contributed by atoms with E-state index in [-0.39, 0.29) is 5.91 Å². The van der Waals surface area contributed by atoms with Crippen molar-refractivity contribution in [2.24, 2.45) is 5.92 Å². The van der Waals surface area contributed by atoms with Gasteiger partial charge in [0.15, 0.2) is 0 Å². The molecule has 128 valence electrons. The zero-order valence-electron chi connectivity index (χ0n) is 14.4. The third-order valence-electron chi connectivity index (χ3n) is 4.64. The van der Waals surface area contributed by atoms with Crippen molar-refractivity contribution in [1.82, 2.24) is 9.80 Å². The number of hydrogen-bond donors (Lipinski definition) is 1. The molecule has 2 aliphatic heterocycles. The highest BCUT2D eigenvalue weighted by Crippen LogP contribution is 2.24. The van der Waals surface area contributed by atoms with Gasteiger partial charge in [0, 0.05) is 32.0 Å². The molecule has 1 unspecified atom stereocenters. The Morgan fingerprint density at radius 3 is 2.27 bits per heavy atom. The van der Waals surface area contributed by atoms with Crippen molar-refractivity contribution >= 4 is 11.9 Å². The summed E-state index contributed by atoms with van der Waals surface area (Å²) in [6.45, 7) is 9.75. The van der Waals surface area contributed by atoms with E-state index < -0.39 is 5.97 Å². The van der Waals surface area contributed by atoms with Crippen LogP contribution in [0.2, 0.25) is 0 Å². The third-order valence-corrected chi connectivity index (χ3v) is 4.64. The van der Waals surface area contributed by atoms with E-state index in [1.165, 1.54) is 0 Å². The van der Waals surface area contributed by atoms with E-state index in [1.54, 1.807) is 0 Å². The van der Waals surface area contributed by atoms with E-state index in [0.29, 0.717) is 24.8 Å². The highest BCUT2D eigenvalue weighted by Gasteiger charge is 2.30. The van der Waals surface area contributed by atoms with Gasteiger partial charge in [-0.1, -0.05) is 20.8 Å². The van der Waals surface area contributed by atoms with Crippen molar-refractivity contribution in [1.29, 1.82) is 0 Å². The van der Waals surface area contributed by atoms with Gasteiger partial charge in [-0.2, -0.15) is 0 Å². The van der Waals surface area contributed by atoms with Gasteiger partial charge in [0.1, 0.15) is 0 Å². The molecular weight excluding hydrogens is 280 g/mol. The Morgan fingerprint density at radius 1 is 1.09 bits per heavy atom. The average Bonchev–Trinajstić information content (AvgIpc) is 2.98. The van der Waals surface area contributed by atoms with Gasteiger partial charge in [0.25, 0.3) is 0 Å². The highest BCUT2D eigenvalue weighted by molar-refractivity contribution is 5.76. The monoisotopic (exact) mass is 312 g/mol. The molecule has 0 spiro atoms. The van der Waals surface area contributed by atoms with Crippen LogP contribution < -0.4 is 0 Å². The molecule has 2 heterocycles. The van der Waals surface area contributed by atoms with Crippen LogP contribution >= 0.6 is 0 Å². The van der Waals surface area contributed by atoms with E-state index >= 15 is 0 Å². The number of amides is 1. The molecule has 0 saturated carbocycles. The zero-order chi connectivity index (χ0) is 16.5. The van der Waals surface area contributed by atoms with E-state index in [9.17, 15) is 9.59 Å². The summed E-state index contributed by atoms with van der Waals surface area (Å²) in [6.07, 6.45) is 5.07. The topological polar surface area (TPSA) is 60.9 Å². The largest absolute Gasteiger partial charge is 0.481 e. The maximum absolute atomic E-state index is 11.9. The normalized spacial score (nSPS) is 23.0. The van der Waals surface area contributed by atoms with Crippen LogP contribution in [0.3, 0.4) is 0 Å². The number of nitrogens with zero attached hydrogens (tertiary/aromatic N) is 2. The van der Waals surface area contributed by atoms with Crippen LogP contribution in [-0.2, 0) is 9.59 Å². The second-order valence-electron chi connectivity index (χ2n) is 6.08. The lowest BCUT2D eigenvalue weighted by atomic mass is 9.93. The predicted octanol–water partition coefficient (Wildman–Crippen LogP) is 2.60. The van der Waals surface area contributed by atoms with Crippen LogP contribution in [0.1, 0.15) is 59.3 Å². The van der Waals surface area contributed by atoms with Crippen molar-refractivity contribution in [3.05, 3.63) is 0 Å². The number of likely N-dealkylation sites (tertiary alicyclic amines) is 2. The summed E-state index contributed by atoms with van der Waals surface area (Å²) < 4.78 is 0. The predicted molar refractivity (Wildman–Crippen MR) is 87.8 cm³/mol. The first-order valence-electron chi connectivity index (χ1n) is 8.83. The fourth-order valence-electron chi connectivity index (χ4n) is 3.48. The van der Waals surface area contributed by atoms with Crippen LogP contribution in [0.5, 0.6) is 0 Å². The van der Waals surface area contributed by atoms with Crippen LogP contribution in [0, 0.1) is 5.92 Å². The minimum Gasteiger partial charge on any atom is -0.481 e. The molecule has 0 aromatic carbocycles. The Kier molecular flexibility index (Phi) is 8.46. The zero-order valence-corrected chi connectivity index (χ0v) is 14.4. The summed E-state index contributed by atoms with van der Waals surface area (Å²) in [6, 6.07) is 0.374. The van der Waals surface area contributed by atoms with Crippen LogP contribution in [0.25, 0.3) is 0 Å². The molecule has 2 fully saturated rings. The van der Waals surface area contributed by atoms with E-state index in [0.717, 1.165) is 51.9 Å². The Labute approximate surface area is 134 Å². The molecule has 0 aromatic heterocycles. The molecule has 0 aromatic rings. The quantitative estimate of drug-likeness (QED) is 0.847. The summed E-state index contributed by atoms with van der Waals surface area (Å²) in [5.41, 5.74) is 0. The van der Waals surface area contributed by atoms with E-state index in [2.05, 4.69) is 4.90 Å². The number of carboxylic acids is 1. The molecule has 0 radical (unpaired) electrons. The smallest absolute Gasteiger partial charge is 0.303 e. The van der Waals surface area contributed by atoms with Crippen LogP contribution in [-0.4, -0.2) is 59.0 Å².